The van der Waals surface area contributed by atoms with Gasteiger partial charge in [-0.3, -0.25) is 4.79 Å². The van der Waals surface area contributed by atoms with Crippen LogP contribution in [0.15, 0.2) is 40.9 Å². The quantitative estimate of drug-likeness (QED) is 0.853. The zero-order chi connectivity index (χ0) is 14.7. The number of nitrogens with one attached hydrogen (secondary N) is 1. The van der Waals surface area contributed by atoms with Gasteiger partial charge in [-0.2, -0.15) is 0 Å². The lowest BCUT2D eigenvalue weighted by atomic mass is 10.0. The zero-order valence-corrected chi connectivity index (χ0v) is 13.5. The summed E-state index contributed by atoms with van der Waals surface area (Å²) in [6.45, 7) is 6.00. The maximum atomic E-state index is 12.5. The van der Waals surface area contributed by atoms with Gasteiger partial charge in [-0.15, -0.1) is 0 Å². The molecule has 20 heavy (non-hydrogen) atoms. The van der Waals surface area contributed by atoms with E-state index in [4.69, 9.17) is 0 Å². The average Bonchev–Trinajstić information content (AvgIpc) is 2.40. The molecule has 0 saturated heterocycles. The summed E-state index contributed by atoms with van der Waals surface area (Å²) < 4.78 is 1.03. The van der Waals surface area contributed by atoms with Crippen LogP contribution in [0.1, 0.15) is 34.0 Å². The summed E-state index contributed by atoms with van der Waals surface area (Å²) in [5, 5.41) is 3.03. The van der Waals surface area contributed by atoms with Gasteiger partial charge in [0, 0.05) is 15.7 Å². The van der Waals surface area contributed by atoms with Crippen molar-refractivity contribution < 1.29 is 4.79 Å². The third-order valence-electron chi connectivity index (χ3n) is 3.40. The molecule has 2 nitrogen and oxygen atoms in total. The molecule has 104 valence electrons. The van der Waals surface area contributed by atoms with Crippen LogP contribution in [0.25, 0.3) is 0 Å². The third-order valence-corrected chi connectivity index (χ3v) is 3.90. The number of hydrogen-bond donors (Lipinski definition) is 1. The topological polar surface area (TPSA) is 29.1 Å². The normalized spacial score (nSPS) is 10.4. The first-order chi connectivity index (χ1) is 9.52. The zero-order valence-electron chi connectivity index (χ0n) is 12.0. The average molecular weight is 332 g/mol. The Morgan fingerprint density at radius 1 is 1.15 bits per heavy atom. The number of halogens is 1. The molecule has 1 amide bonds. The van der Waals surface area contributed by atoms with E-state index in [1.165, 1.54) is 0 Å². The molecule has 0 spiro atoms. The SMILES string of the molecule is CCc1cc(Br)ccc1NC(=O)c1c(C)cccc1C. The molecule has 0 atom stereocenters. The van der Waals surface area contributed by atoms with E-state index in [1.54, 1.807) is 0 Å². The highest BCUT2D eigenvalue weighted by Gasteiger charge is 2.13. The van der Waals surface area contributed by atoms with Crippen molar-refractivity contribution in [3.05, 3.63) is 63.1 Å². The van der Waals surface area contributed by atoms with Crippen LogP contribution in [0, 0.1) is 13.8 Å². The number of rotatable bonds is 3. The molecular formula is C17H18BrNO. The molecule has 0 saturated carbocycles. The van der Waals surface area contributed by atoms with Gasteiger partial charge in [-0.25, -0.2) is 0 Å². The Hall–Kier alpha value is -1.61. The minimum Gasteiger partial charge on any atom is -0.322 e. The molecule has 0 aliphatic carbocycles. The molecule has 1 N–H and O–H groups in total. The lowest BCUT2D eigenvalue weighted by Crippen LogP contribution is -2.16. The first-order valence-corrected chi connectivity index (χ1v) is 7.48. The van der Waals surface area contributed by atoms with Crippen molar-refractivity contribution in [2.24, 2.45) is 0 Å². The van der Waals surface area contributed by atoms with E-state index in [2.05, 4.69) is 28.2 Å². The molecule has 0 aliphatic heterocycles. The van der Waals surface area contributed by atoms with E-state index in [9.17, 15) is 4.79 Å². The van der Waals surface area contributed by atoms with Crippen molar-refractivity contribution in [2.45, 2.75) is 27.2 Å². The van der Waals surface area contributed by atoms with Gasteiger partial charge >= 0.3 is 0 Å². The Kier molecular flexibility index (Phi) is 4.61. The van der Waals surface area contributed by atoms with E-state index < -0.39 is 0 Å². The standard InChI is InChI=1S/C17H18BrNO/c1-4-13-10-14(18)8-9-15(13)19-17(20)16-11(2)6-5-7-12(16)3/h5-10H,4H2,1-3H3,(H,19,20). The third kappa shape index (κ3) is 3.10. The molecule has 0 aromatic heterocycles. The van der Waals surface area contributed by atoms with E-state index in [0.29, 0.717) is 0 Å². The highest BCUT2D eigenvalue weighted by atomic mass is 79.9. The largest absolute Gasteiger partial charge is 0.322 e. The minimum absolute atomic E-state index is 0.0439. The van der Waals surface area contributed by atoms with Crippen LogP contribution in [-0.4, -0.2) is 5.91 Å². The number of hydrogen-bond acceptors (Lipinski definition) is 1. The van der Waals surface area contributed by atoms with Gasteiger partial charge in [-0.1, -0.05) is 41.1 Å². The van der Waals surface area contributed by atoms with Crippen LogP contribution in [0.3, 0.4) is 0 Å². The molecule has 0 unspecified atom stereocenters. The van der Waals surface area contributed by atoms with Gasteiger partial charge in [0.05, 0.1) is 0 Å². The number of carbonyl (C=O) groups is 1. The van der Waals surface area contributed by atoms with Crippen LogP contribution in [0.4, 0.5) is 5.69 Å². The summed E-state index contributed by atoms with van der Waals surface area (Å²) >= 11 is 3.46. The van der Waals surface area contributed by atoms with E-state index in [1.807, 2.05) is 50.2 Å². The second kappa shape index (κ2) is 6.23. The summed E-state index contributed by atoms with van der Waals surface area (Å²) in [7, 11) is 0. The highest BCUT2D eigenvalue weighted by molar-refractivity contribution is 9.10. The second-order valence-corrected chi connectivity index (χ2v) is 5.79. The van der Waals surface area contributed by atoms with Crippen molar-refractivity contribution in [2.75, 3.05) is 5.32 Å². The maximum Gasteiger partial charge on any atom is 0.256 e. The van der Waals surface area contributed by atoms with Crippen molar-refractivity contribution >= 4 is 27.5 Å². The fraction of sp³-hybridized carbons (Fsp3) is 0.235. The highest BCUT2D eigenvalue weighted by Crippen LogP contribution is 2.23. The van der Waals surface area contributed by atoms with Gasteiger partial charge < -0.3 is 5.32 Å². The Labute approximate surface area is 128 Å². The number of amides is 1. The Morgan fingerprint density at radius 3 is 2.40 bits per heavy atom. The summed E-state index contributed by atoms with van der Waals surface area (Å²) in [4.78, 5) is 12.5. The van der Waals surface area contributed by atoms with Gasteiger partial charge in [-0.05, 0) is 55.2 Å². The molecule has 0 aliphatic rings. The lowest BCUT2D eigenvalue weighted by Gasteiger charge is -2.13. The van der Waals surface area contributed by atoms with E-state index in [-0.39, 0.29) is 5.91 Å². The molecule has 0 radical (unpaired) electrons. The Bertz CT molecular complexity index is 629. The van der Waals surface area contributed by atoms with Crippen LogP contribution in [0.2, 0.25) is 0 Å². The van der Waals surface area contributed by atoms with E-state index >= 15 is 0 Å². The molecular weight excluding hydrogens is 314 g/mol. The summed E-state index contributed by atoms with van der Waals surface area (Å²) in [6.07, 6.45) is 0.877. The second-order valence-electron chi connectivity index (χ2n) is 4.88. The molecule has 2 aromatic carbocycles. The Morgan fingerprint density at radius 2 is 1.80 bits per heavy atom. The summed E-state index contributed by atoms with van der Waals surface area (Å²) in [6, 6.07) is 11.8. The van der Waals surface area contributed by atoms with Crippen LogP contribution in [0.5, 0.6) is 0 Å². The number of carbonyl (C=O) groups excluding carboxylic acids is 1. The van der Waals surface area contributed by atoms with Crippen molar-refractivity contribution in [3.8, 4) is 0 Å². The van der Waals surface area contributed by atoms with Crippen LogP contribution < -0.4 is 5.32 Å². The van der Waals surface area contributed by atoms with Gasteiger partial charge in [0.25, 0.3) is 5.91 Å². The first kappa shape index (κ1) is 14.8. The fourth-order valence-corrected chi connectivity index (χ4v) is 2.74. The predicted molar refractivity (Wildman–Crippen MR) is 87.4 cm³/mol. The molecule has 0 bridgehead atoms. The van der Waals surface area contributed by atoms with Gasteiger partial charge in [0.2, 0.25) is 0 Å². The van der Waals surface area contributed by atoms with E-state index in [0.717, 1.165) is 38.8 Å². The van der Waals surface area contributed by atoms with Gasteiger partial charge in [0.1, 0.15) is 0 Å². The van der Waals surface area contributed by atoms with Crippen molar-refractivity contribution in [1.82, 2.24) is 0 Å². The van der Waals surface area contributed by atoms with Gasteiger partial charge in [0.15, 0.2) is 0 Å². The molecule has 0 heterocycles. The maximum absolute atomic E-state index is 12.5. The Balaban J connectivity index is 2.33. The van der Waals surface area contributed by atoms with Crippen molar-refractivity contribution in [3.63, 3.8) is 0 Å². The lowest BCUT2D eigenvalue weighted by molar-refractivity contribution is 0.102. The summed E-state index contributed by atoms with van der Waals surface area (Å²) in [5.41, 5.74) is 4.76. The van der Waals surface area contributed by atoms with Crippen LogP contribution in [-0.2, 0) is 6.42 Å². The number of benzene rings is 2. The number of anilines is 1. The fourth-order valence-electron chi connectivity index (χ4n) is 2.33. The van der Waals surface area contributed by atoms with Crippen molar-refractivity contribution in [1.29, 1.82) is 0 Å². The first-order valence-electron chi connectivity index (χ1n) is 6.69. The van der Waals surface area contributed by atoms with Crippen LogP contribution >= 0.6 is 15.9 Å². The molecule has 2 aromatic rings. The minimum atomic E-state index is -0.0439. The predicted octanol–water partition coefficient (Wildman–Crippen LogP) is 4.88. The number of aryl methyl sites for hydroxylation is 3. The molecule has 0 fully saturated rings. The molecule has 3 heteroatoms. The summed E-state index contributed by atoms with van der Waals surface area (Å²) in [5.74, 6) is -0.0439. The smallest absolute Gasteiger partial charge is 0.256 e. The monoisotopic (exact) mass is 331 g/mol. The molecule has 2 rings (SSSR count).